The molecular weight excluding hydrogens is 337 g/mol. The van der Waals surface area contributed by atoms with Crippen molar-refractivity contribution >= 4 is 17.2 Å². The summed E-state index contributed by atoms with van der Waals surface area (Å²) in [6.07, 6.45) is 3.29. The first-order chi connectivity index (χ1) is 12.1. The molecule has 0 spiro atoms. The maximum atomic E-state index is 13.2. The number of amides is 1. The molecule has 3 rings (SSSR count). The Hall–Kier alpha value is -1.76. The molecule has 25 heavy (non-hydrogen) atoms. The van der Waals surface area contributed by atoms with Crippen molar-refractivity contribution in [2.45, 2.75) is 31.3 Å². The number of hydrogen-bond acceptors (Lipinski definition) is 4. The van der Waals surface area contributed by atoms with Gasteiger partial charge < -0.3 is 16.0 Å². The monoisotopic (exact) mass is 361 g/mol. The molecule has 3 N–H and O–H groups in total. The second-order valence-electron chi connectivity index (χ2n) is 6.40. The van der Waals surface area contributed by atoms with Crippen molar-refractivity contribution in [2.24, 2.45) is 5.73 Å². The molecule has 2 aromatic rings. The minimum absolute atomic E-state index is 0.0104. The number of nitrogens with two attached hydrogens (primary N) is 1. The van der Waals surface area contributed by atoms with Gasteiger partial charge >= 0.3 is 0 Å². The van der Waals surface area contributed by atoms with Crippen molar-refractivity contribution in [1.29, 1.82) is 0 Å². The summed E-state index contributed by atoms with van der Waals surface area (Å²) in [5.74, 6) is -0.248. The van der Waals surface area contributed by atoms with Gasteiger partial charge in [0.15, 0.2) is 0 Å². The second-order valence-corrected chi connectivity index (χ2v) is 7.38. The third kappa shape index (κ3) is 4.66. The van der Waals surface area contributed by atoms with Crippen LogP contribution in [0, 0.1) is 5.82 Å². The van der Waals surface area contributed by atoms with Crippen LogP contribution in [0.2, 0.25) is 0 Å². The van der Waals surface area contributed by atoms with Gasteiger partial charge in [0.1, 0.15) is 5.82 Å². The first-order valence-corrected chi connectivity index (χ1v) is 9.60. The van der Waals surface area contributed by atoms with Crippen LogP contribution in [0.1, 0.15) is 35.7 Å². The number of nitrogens with zero attached hydrogens (tertiary/aromatic N) is 1. The Kier molecular flexibility index (Phi) is 6.18. The van der Waals surface area contributed by atoms with Gasteiger partial charge in [0.2, 0.25) is 5.91 Å². The molecule has 2 heterocycles. The predicted molar refractivity (Wildman–Crippen MR) is 99.0 cm³/mol. The lowest BCUT2D eigenvalue weighted by atomic mass is 10.0. The average molecular weight is 361 g/mol. The zero-order chi connectivity index (χ0) is 17.6. The lowest BCUT2D eigenvalue weighted by Gasteiger charge is -2.30. The summed E-state index contributed by atoms with van der Waals surface area (Å²) in [7, 11) is 0. The molecule has 4 nitrogen and oxygen atoms in total. The molecule has 1 aliphatic heterocycles. The SMILES string of the molecule is NC(CNC(c1ccc(F)cc1)c1cccs1)C(=O)N1CCCCC1. The molecule has 2 atom stereocenters. The van der Waals surface area contributed by atoms with E-state index in [4.69, 9.17) is 5.73 Å². The molecule has 1 saturated heterocycles. The highest BCUT2D eigenvalue weighted by molar-refractivity contribution is 7.10. The summed E-state index contributed by atoms with van der Waals surface area (Å²) in [6.45, 7) is 1.99. The molecule has 0 radical (unpaired) electrons. The Bertz CT molecular complexity index is 668. The lowest BCUT2D eigenvalue weighted by Crippen LogP contribution is -2.50. The molecule has 2 unspecified atom stereocenters. The number of rotatable bonds is 6. The molecule has 1 fully saturated rings. The number of carbonyl (C=O) groups is 1. The fourth-order valence-corrected chi connectivity index (χ4v) is 4.00. The molecular formula is C19H24FN3OS. The molecule has 1 aromatic carbocycles. The number of benzene rings is 1. The van der Waals surface area contributed by atoms with E-state index in [2.05, 4.69) is 5.32 Å². The van der Waals surface area contributed by atoms with Crippen LogP contribution in [0.15, 0.2) is 41.8 Å². The fraction of sp³-hybridized carbons (Fsp3) is 0.421. The summed E-state index contributed by atoms with van der Waals surface area (Å²) < 4.78 is 13.2. The Labute approximate surface area is 151 Å². The summed E-state index contributed by atoms with van der Waals surface area (Å²) in [4.78, 5) is 15.5. The van der Waals surface area contributed by atoms with E-state index in [1.54, 1.807) is 23.5 Å². The highest BCUT2D eigenvalue weighted by atomic mass is 32.1. The van der Waals surface area contributed by atoms with Gasteiger partial charge in [0.05, 0.1) is 12.1 Å². The third-order valence-electron chi connectivity index (χ3n) is 4.56. The smallest absolute Gasteiger partial charge is 0.240 e. The van der Waals surface area contributed by atoms with Crippen LogP contribution in [0.5, 0.6) is 0 Å². The summed E-state index contributed by atoms with van der Waals surface area (Å²) in [6, 6.07) is 9.80. The highest BCUT2D eigenvalue weighted by Crippen LogP contribution is 2.26. The van der Waals surface area contributed by atoms with E-state index in [0.29, 0.717) is 6.54 Å². The average Bonchev–Trinajstić information content (AvgIpc) is 3.17. The van der Waals surface area contributed by atoms with Crippen LogP contribution in [0.4, 0.5) is 4.39 Å². The number of nitrogens with one attached hydrogen (secondary N) is 1. The van der Waals surface area contributed by atoms with Crippen molar-refractivity contribution in [2.75, 3.05) is 19.6 Å². The summed E-state index contributed by atoms with van der Waals surface area (Å²) in [5.41, 5.74) is 7.10. The van der Waals surface area contributed by atoms with Gasteiger partial charge in [-0.25, -0.2) is 4.39 Å². The van der Waals surface area contributed by atoms with E-state index in [-0.39, 0.29) is 17.8 Å². The fourth-order valence-electron chi connectivity index (χ4n) is 3.17. The van der Waals surface area contributed by atoms with Gasteiger partial charge in [0, 0.05) is 24.5 Å². The second kappa shape index (κ2) is 8.56. The molecule has 1 aromatic heterocycles. The maximum absolute atomic E-state index is 13.2. The van der Waals surface area contributed by atoms with Gasteiger partial charge in [-0.05, 0) is 48.4 Å². The zero-order valence-corrected chi connectivity index (χ0v) is 15.0. The van der Waals surface area contributed by atoms with Crippen LogP contribution >= 0.6 is 11.3 Å². The molecule has 1 amide bonds. The van der Waals surface area contributed by atoms with Crippen LogP contribution in [-0.2, 0) is 4.79 Å². The van der Waals surface area contributed by atoms with E-state index in [1.165, 1.54) is 18.6 Å². The van der Waals surface area contributed by atoms with E-state index in [1.807, 2.05) is 22.4 Å². The van der Waals surface area contributed by atoms with Crippen LogP contribution in [-0.4, -0.2) is 36.5 Å². The Morgan fingerprint density at radius 3 is 2.56 bits per heavy atom. The zero-order valence-electron chi connectivity index (χ0n) is 14.2. The predicted octanol–water partition coefficient (Wildman–Crippen LogP) is 2.91. The molecule has 1 aliphatic rings. The Morgan fingerprint density at radius 1 is 1.20 bits per heavy atom. The van der Waals surface area contributed by atoms with Crippen LogP contribution in [0.3, 0.4) is 0 Å². The molecule has 0 bridgehead atoms. The normalized spacial score (nSPS) is 17.3. The topological polar surface area (TPSA) is 58.4 Å². The first-order valence-electron chi connectivity index (χ1n) is 8.72. The van der Waals surface area contributed by atoms with E-state index >= 15 is 0 Å². The summed E-state index contributed by atoms with van der Waals surface area (Å²) >= 11 is 1.63. The van der Waals surface area contributed by atoms with E-state index < -0.39 is 6.04 Å². The largest absolute Gasteiger partial charge is 0.341 e. The quantitative estimate of drug-likeness (QED) is 0.832. The molecule has 134 valence electrons. The standard InChI is InChI=1S/C19H24FN3OS/c20-15-8-6-14(7-9-15)18(17-5-4-12-25-17)22-13-16(21)19(24)23-10-2-1-3-11-23/h4-9,12,16,18,22H,1-3,10-11,13,21H2. The van der Waals surface area contributed by atoms with Gasteiger partial charge in [-0.2, -0.15) is 0 Å². The number of likely N-dealkylation sites (tertiary alicyclic amines) is 1. The molecule has 0 saturated carbocycles. The van der Waals surface area contributed by atoms with Crippen LogP contribution in [0.25, 0.3) is 0 Å². The van der Waals surface area contributed by atoms with Gasteiger partial charge in [0.25, 0.3) is 0 Å². The van der Waals surface area contributed by atoms with Crippen molar-refractivity contribution in [3.05, 3.63) is 58.0 Å². The minimum Gasteiger partial charge on any atom is -0.341 e. The molecule has 6 heteroatoms. The Balaban J connectivity index is 1.66. The van der Waals surface area contributed by atoms with Gasteiger partial charge in [-0.15, -0.1) is 11.3 Å². The molecule has 0 aliphatic carbocycles. The number of hydrogen-bond donors (Lipinski definition) is 2. The van der Waals surface area contributed by atoms with E-state index in [0.717, 1.165) is 36.4 Å². The van der Waals surface area contributed by atoms with Gasteiger partial charge in [-0.3, -0.25) is 4.79 Å². The third-order valence-corrected chi connectivity index (χ3v) is 5.50. The minimum atomic E-state index is -0.569. The summed E-state index contributed by atoms with van der Waals surface area (Å²) in [5, 5.41) is 5.40. The number of halogens is 1. The van der Waals surface area contributed by atoms with Gasteiger partial charge in [-0.1, -0.05) is 18.2 Å². The Morgan fingerprint density at radius 2 is 1.92 bits per heavy atom. The van der Waals surface area contributed by atoms with Crippen molar-refractivity contribution < 1.29 is 9.18 Å². The highest BCUT2D eigenvalue weighted by Gasteiger charge is 2.24. The number of thiophene rings is 1. The number of piperidine rings is 1. The van der Waals surface area contributed by atoms with Crippen molar-refractivity contribution in [3.63, 3.8) is 0 Å². The maximum Gasteiger partial charge on any atom is 0.240 e. The van der Waals surface area contributed by atoms with Crippen molar-refractivity contribution in [1.82, 2.24) is 10.2 Å². The van der Waals surface area contributed by atoms with E-state index in [9.17, 15) is 9.18 Å². The lowest BCUT2D eigenvalue weighted by molar-refractivity contribution is -0.133. The first kappa shape index (κ1) is 18.0. The van der Waals surface area contributed by atoms with Crippen molar-refractivity contribution in [3.8, 4) is 0 Å². The number of carbonyl (C=O) groups excluding carboxylic acids is 1. The van der Waals surface area contributed by atoms with Crippen LogP contribution < -0.4 is 11.1 Å².